The van der Waals surface area contributed by atoms with Crippen LogP contribution in [0.15, 0.2) is 48.5 Å². The number of carbonyl (C=O) groups is 2. The minimum atomic E-state index is -0.231. The van der Waals surface area contributed by atoms with Crippen LogP contribution in [0.5, 0.6) is 0 Å². The maximum atomic E-state index is 11.8. The molecule has 0 atom stereocenters. The van der Waals surface area contributed by atoms with Gasteiger partial charge in [0.15, 0.2) is 0 Å². The molecule has 0 unspecified atom stereocenters. The maximum absolute atomic E-state index is 11.8. The number of carbonyl (C=O) groups excluding carboxylic acids is 2. The van der Waals surface area contributed by atoms with Crippen molar-refractivity contribution in [2.24, 2.45) is 0 Å². The van der Waals surface area contributed by atoms with Crippen LogP contribution in [0.3, 0.4) is 0 Å². The van der Waals surface area contributed by atoms with E-state index in [0.717, 1.165) is 22.4 Å². The lowest BCUT2D eigenvalue weighted by Crippen LogP contribution is -2.08. The van der Waals surface area contributed by atoms with Crippen molar-refractivity contribution in [3.05, 3.63) is 65.2 Å². The van der Waals surface area contributed by atoms with Crippen molar-refractivity contribution >= 4 is 17.6 Å². The van der Waals surface area contributed by atoms with Crippen LogP contribution in [0.25, 0.3) is 0 Å². The number of hydrogen-bond acceptors (Lipinski definition) is 3. The lowest BCUT2D eigenvalue weighted by molar-refractivity contribution is -0.144. The Labute approximate surface area is 129 Å². The van der Waals surface area contributed by atoms with Crippen LogP contribution >= 0.6 is 0 Å². The van der Waals surface area contributed by atoms with Gasteiger partial charge in [-0.2, -0.15) is 0 Å². The molecule has 0 spiro atoms. The largest absolute Gasteiger partial charge is 0.461 e. The van der Waals surface area contributed by atoms with Crippen molar-refractivity contribution in [2.75, 3.05) is 5.32 Å². The Morgan fingerprint density at radius 3 is 2.73 bits per heavy atom. The summed E-state index contributed by atoms with van der Waals surface area (Å²) in [6.07, 6.45) is 1.29. The second-order valence-corrected chi connectivity index (χ2v) is 5.32. The summed E-state index contributed by atoms with van der Waals surface area (Å²) < 4.78 is 5.26. The third-order valence-electron chi connectivity index (χ3n) is 3.69. The van der Waals surface area contributed by atoms with Crippen molar-refractivity contribution in [1.82, 2.24) is 0 Å². The minimum Gasteiger partial charge on any atom is -0.461 e. The van der Waals surface area contributed by atoms with Gasteiger partial charge < -0.3 is 10.1 Å². The molecule has 4 heteroatoms. The molecular formula is C18H17NO3. The van der Waals surface area contributed by atoms with Crippen LogP contribution in [0.4, 0.5) is 5.69 Å². The molecule has 4 nitrogen and oxygen atoms in total. The average Bonchev–Trinajstić information content (AvgIpc) is 2.92. The van der Waals surface area contributed by atoms with Gasteiger partial charge in [0, 0.05) is 12.1 Å². The first kappa shape index (κ1) is 14.3. The molecule has 1 heterocycles. The van der Waals surface area contributed by atoms with E-state index in [1.807, 2.05) is 48.5 Å². The number of nitrogens with one attached hydrogen (secondary N) is 1. The van der Waals surface area contributed by atoms with E-state index in [0.29, 0.717) is 25.9 Å². The summed E-state index contributed by atoms with van der Waals surface area (Å²) in [5.74, 6) is -0.222. The van der Waals surface area contributed by atoms with E-state index in [1.165, 1.54) is 0 Å². The Morgan fingerprint density at radius 1 is 1.09 bits per heavy atom. The predicted molar refractivity (Wildman–Crippen MR) is 83.3 cm³/mol. The molecular weight excluding hydrogens is 278 g/mol. The molecule has 0 aliphatic carbocycles. The normalized spacial score (nSPS) is 12.6. The topological polar surface area (TPSA) is 55.4 Å². The van der Waals surface area contributed by atoms with Crippen molar-refractivity contribution in [2.45, 2.75) is 25.9 Å². The molecule has 0 saturated carbocycles. The van der Waals surface area contributed by atoms with E-state index in [4.69, 9.17) is 4.74 Å². The van der Waals surface area contributed by atoms with Gasteiger partial charge in [0.25, 0.3) is 0 Å². The molecule has 1 aliphatic heterocycles. The number of hydrogen-bond donors (Lipinski definition) is 1. The molecule has 0 saturated heterocycles. The number of ether oxygens (including phenoxy) is 1. The van der Waals surface area contributed by atoms with E-state index < -0.39 is 0 Å². The minimum absolute atomic E-state index is 0.00843. The summed E-state index contributed by atoms with van der Waals surface area (Å²) in [6, 6.07) is 15.4. The fourth-order valence-corrected chi connectivity index (χ4v) is 2.57. The standard InChI is InChI=1S/C18H17NO3/c20-16-11-15-8-4-7-14(18(15)19-16)9-10-17(21)22-12-13-5-2-1-3-6-13/h1-8H,9-12H2,(H,19,20). The van der Waals surface area contributed by atoms with E-state index in [1.54, 1.807) is 0 Å². The van der Waals surface area contributed by atoms with Gasteiger partial charge in [0.2, 0.25) is 5.91 Å². The van der Waals surface area contributed by atoms with Gasteiger partial charge in [-0.15, -0.1) is 0 Å². The molecule has 0 radical (unpaired) electrons. The number of aryl methyl sites for hydroxylation is 1. The third-order valence-corrected chi connectivity index (χ3v) is 3.69. The fraction of sp³-hybridized carbons (Fsp3) is 0.222. The Morgan fingerprint density at radius 2 is 1.91 bits per heavy atom. The number of benzene rings is 2. The summed E-state index contributed by atoms with van der Waals surface area (Å²) in [5, 5.41) is 2.86. The molecule has 2 aromatic carbocycles. The average molecular weight is 295 g/mol. The number of para-hydroxylation sites is 1. The van der Waals surface area contributed by atoms with Gasteiger partial charge in [-0.25, -0.2) is 0 Å². The highest BCUT2D eigenvalue weighted by molar-refractivity contribution is 6.00. The van der Waals surface area contributed by atoms with Crippen LogP contribution in [0.1, 0.15) is 23.1 Å². The molecule has 1 N–H and O–H groups in total. The SMILES string of the molecule is O=C1Cc2cccc(CCC(=O)OCc3ccccc3)c2N1. The van der Waals surface area contributed by atoms with Gasteiger partial charge in [-0.05, 0) is 23.1 Å². The molecule has 112 valence electrons. The van der Waals surface area contributed by atoms with Gasteiger partial charge >= 0.3 is 5.97 Å². The monoisotopic (exact) mass is 295 g/mol. The third kappa shape index (κ3) is 3.34. The van der Waals surface area contributed by atoms with Crippen molar-refractivity contribution in [3.8, 4) is 0 Å². The highest BCUT2D eigenvalue weighted by atomic mass is 16.5. The summed E-state index contributed by atoms with van der Waals surface area (Å²) in [7, 11) is 0. The molecule has 1 amide bonds. The Kier molecular flexibility index (Phi) is 4.19. The number of amides is 1. The van der Waals surface area contributed by atoms with Crippen molar-refractivity contribution < 1.29 is 14.3 Å². The van der Waals surface area contributed by atoms with Crippen LogP contribution in [0.2, 0.25) is 0 Å². The zero-order valence-corrected chi connectivity index (χ0v) is 12.2. The van der Waals surface area contributed by atoms with Gasteiger partial charge in [-0.1, -0.05) is 48.5 Å². The number of fused-ring (bicyclic) bond motifs is 1. The summed E-state index contributed by atoms with van der Waals surface area (Å²) in [6.45, 7) is 0.295. The Balaban J connectivity index is 1.54. The molecule has 0 bridgehead atoms. The first-order valence-electron chi connectivity index (χ1n) is 7.32. The van der Waals surface area contributed by atoms with Gasteiger partial charge in [0.1, 0.15) is 6.61 Å². The molecule has 0 fully saturated rings. The molecule has 2 aromatic rings. The number of rotatable bonds is 5. The predicted octanol–water partition coefficient (Wildman–Crippen LogP) is 2.86. The fourth-order valence-electron chi connectivity index (χ4n) is 2.57. The van der Waals surface area contributed by atoms with Crippen molar-refractivity contribution in [3.63, 3.8) is 0 Å². The Hall–Kier alpha value is -2.62. The second-order valence-electron chi connectivity index (χ2n) is 5.32. The number of esters is 1. The lowest BCUT2D eigenvalue weighted by atomic mass is 10.0. The zero-order valence-electron chi connectivity index (χ0n) is 12.2. The lowest BCUT2D eigenvalue weighted by Gasteiger charge is -2.08. The molecule has 22 heavy (non-hydrogen) atoms. The molecule has 3 rings (SSSR count). The quantitative estimate of drug-likeness (QED) is 0.863. The van der Waals surface area contributed by atoms with Crippen molar-refractivity contribution in [1.29, 1.82) is 0 Å². The summed E-state index contributed by atoms with van der Waals surface area (Å²) in [5.41, 5.74) is 3.83. The van der Waals surface area contributed by atoms with Gasteiger partial charge in [0.05, 0.1) is 6.42 Å². The molecule has 0 aromatic heterocycles. The van der Waals surface area contributed by atoms with Gasteiger partial charge in [-0.3, -0.25) is 9.59 Å². The Bertz CT molecular complexity index is 695. The van der Waals surface area contributed by atoms with Crippen LogP contribution < -0.4 is 5.32 Å². The summed E-state index contributed by atoms with van der Waals surface area (Å²) >= 11 is 0. The van der Waals surface area contributed by atoms with Crippen LogP contribution in [-0.4, -0.2) is 11.9 Å². The van der Waals surface area contributed by atoms with E-state index in [9.17, 15) is 9.59 Å². The highest BCUT2D eigenvalue weighted by Crippen LogP contribution is 2.27. The maximum Gasteiger partial charge on any atom is 0.306 e. The van der Waals surface area contributed by atoms with E-state index in [-0.39, 0.29) is 11.9 Å². The van der Waals surface area contributed by atoms with Crippen LogP contribution in [0, 0.1) is 0 Å². The first-order valence-corrected chi connectivity index (χ1v) is 7.32. The smallest absolute Gasteiger partial charge is 0.306 e. The second kappa shape index (κ2) is 6.43. The molecule has 1 aliphatic rings. The van der Waals surface area contributed by atoms with E-state index >= 15 is 0 Å². The van der Waals surface area contributed by atoms with E-state index in [2.05, 4.69) is 5.32 Å². The first-order chi connectivity index (χ1) is 10.7. The zero-order chi connectivity index (χ0) is 15.4. The highest BCUT2D eigenvalue weighted by Gasteiger charge is 2.20. The number of anilines is 1. The van der Waals surface area contributed by atoms with Crippen LogP contribution in [-0.2, 0) is 33.8 Å². The summed E-state index contributed by atoms with van der Waals surface area (Å²) in [4.78, 5) is 23.3.